The number of hydrogen-bond acceptors (Lipinski definition) is 4. The second-order valence-corrected chi connectivity index (χ2v) is 9.00. The number of sulfonamides is 1. The molecule has 0 bridgehead atoms. The van der Waals surface area contributed by atoms with Crippen LogP contribution in [0.1, 0.15) is 41.5 Å². The average molecular weight is 362 g/mol. The lowest BCUT2D eigenvalue weighted by atomic mass is 9.87. The van der Waals surface area contributed by atoms with E-state index in [2.05, 4.69) is 36.2 Å². The van der Waals surface area contributed by atoms with Gasteiger partial charge < -0.3 is 4.42 Å². The molecule has 1 atom stereocenters. The highest BCUT2D eigenvalue weighted by Gasteiger charge is 2.24. The van der Waals surface area contributed by atoms with Gasteiger partial charge in [-0.2, -0.15) is 4.31 Å². The van der Waals surface area contributed by atoms with Crippen molar-refractivity contribution in [3.8, 4) is 0 Å². The van der Waals surface area contributed by atoms with Crippen molar-refractivity contribution < 1.29 is 12.8 Å². The molecule has 3 rings (SSSR count). The molecule has 1 aliphatic rings. The third kappa shape index (κ3) is 4.32. The molecule has 25 heavy (non-hydrogen) atoms. The summed E-state index contributed by atoms with van der Waals surface area (Å²) in [5.74, 6) is 1.53. The van der Waals surface area contributed by atoms with Crippen LogP contribution in [0.2, 0.25) is 0 Å². The molecule has 136 valence electrons. The number of nitrogens with zero attached hydrogens (tertiary/aromatic N) is 2. The first kappa shape index (κ1) is 18.2. The summed E-state index contributed by atoms with van der Waals surface area (Å²) in [6.07, 6.45) is 4.71. The maximum absolute atomic E-state index is 11.5. The first-order valence-electron chi connectivity index (χ1n) is 8.61. The summed E-state index contributed by atoms with van der Waals surface area (Å²) in [6.45, 7) is 0.969. The second-order valence-electron chi connectivity index (χ2n) is 6.91. The van der Waals surface area contributed by atoms with Crippen molar-refractivity contribution in [3.05, 3.63) is 59.0 Å². The lowest BCUT2D eigenvalue weighted by Gasteiger charge is -2.32. The van der Waals surface area contributed by atoms with E-state index in [4.69, 9.17) is 4.42 Å². The summed E-state index contributed by atoms with van der Waals surface area (Å²) in [5, 5.41) is 0. The molecule has 0 radical (unpaired) electrons. The molecule has 0 saturated carbocycles. The van der Waals surface area contributed by atoms with E-state index in [1.54, 1.807) is 7.05 Å². The molecule has 0 unspecified atom stereocenters. The van der Waals surface area contributed by atoms with Crippen molar-refractivity contribution >= 4 is 10.0 Å². The minimum Gasteiger partial charge on any atom is -0.463 e. The Labute approximate surface area is 150 Å². The number of fused-ring (bicyclic) bond motifs is 1. The van der Waals surface area contributed by atoms with E-state index < -0.39 is 10.0 Å². The quantitative estimate of drug-likeness (QED) is 0.792. The molecule has 1 aliphatic carbocycles. The smallest absolute Gasteiger partial charge is 0.211 e. The Hall–Kier alpha value is -1.63. The van der Waals surface area contributed by atoms with Gasteiger partial charge in [-0.3, -0.25) is 4.90 Å². The predicted molar refractivity (Wildman–Crippen MR) is 98.6 cm³/mol. The van der Waals surface area contributed by atoms with Gasteiger partial charge in [-0.05, 0) is 49.6 Å². The average Bonchev–Trinajstić information content (AvgIpc) is 3.00. The SMILES string of the molecule is CN(Cc1ccc(CN(C)S(C)(=O)=O)o1)[C@H]1CCCc2ccccc21. The molecule has 0 spiro atoms. The molecule has 0 fully saturated rings. The minimum absolute atomic E-state index is 0.259. The van der Waals surface area contributed by atoms with E-state index in [-0.39, 0.29) is 6.54 Å². The summed E-state index contributed by atoms with van der Waals surface area (Å²) in [4.78, 5) is 2.32. The van der Waals surface area contributed by atoms with Crippen LogP contribution in [0.4, 0.5) is 0 Å². The summed E-state index contributed by atoms with van der Waals surface area (Å²) >= 11 is 0. The van der Waals surface area contributed by atoms with Crippen molar-refractivity contribution in [1.82, 2.24) is 9.21 Å². The zero-order chi connectivity index (χ0) is 18.0. The highest BCUT2D eigenvalue weighted by Crippen LogP contribution is 2.34. The van der Waals surface area contributed by atoms with Crippen LogP contribution in [0.15, 0.2) is 40.8 Å². The lowest BCUT2D eigenvalue weighted by Crippen LogP contribution is -2.27. The van der Waals surface area contributed by atoms with Gasteiger partial charge in [-0.15, -0.1) is 0 Å². The van der Waals surface area contributed by atoms with Crippen LogP contribution in [0.5, 0.6) is 0 Å². The van der Waals surface area contributed by atoms with E-state index >= 15 is 0 Å². The van der Waals surface area contributed by atoms with Gasteiger partial charge in [0.05, 0.1) is 19.3 Å². The van der Waals surface area contributed by atoms with E-state index in [0.29, 0.717) is 18.3 Å². The maximum atomic E-state index is 11.5. The summed E-state index contributed by atoms with van der Waals surface area (Å²) in [5.41, 5.74) is 2.86. The Morgan fingerprint density at radius 2 is 1.76 bits per heavy atom. The largest absolute Gasteiger partial charge is 0.463 e. The van der Waals surface area contributed by atoms with E-state index in [1.807, 2.05) is 12.1 Å². The van der Waals surface area contributed by atoms with Crippen LogP contribution in [0.3, 0.4) is 0 Å². The number of benzene rings is 1. The topological polar surface area (TPSA) is 53.8 Å². The monoisotopic (exact) mass is 362 g/mol. The molecule has 2 aromatic rings. The van der Waals surface area contributed by atoms with Crippen LogP contribution >= 0.6 is 0 Å². The van der Waals surface area contributed by atoms with Crippen LogP contribution < -0.4 is 0 Å². The van der Waals surface area contributed by atoms with Gasteiger partial charge in [-0.1, -0.05) is 24.3 Å². The Kier molecular flexibility index (Phi) is 5.32. The molecule has 0 aliphatic heterocycles. The summed E-state index contributed by atoms with van der Waals surface area (Å²) in [6, 6.07) is 12.9. The van der Waals surface area contributed by atoms with Gasteiger partial charge in [0.1, 0.15) is 11.5 Å². The first-order valence-corrected chi connectivity index (χ1v) is 10.5. The predicted octanol–water partition coefficient (Wildman–Crippen LogP) is 3.18. The maximum Gasteiger partial charge on any atom is 0.211 e. The minimum atomic E-state index is -3.20. The van der Waals surface area contributed by atoms with Crippen molar-refractivity contribution in [2.24, 2.45) is 0 Å². The molecule has 1 aromatic carbocycles. The number of rotatable bonds is 6. The van der Waals surface area contributed by atoms with Crippen LogP contribution in [0, 0.1) is 0 Å². The van der Waals surface area contributed by atoms with Crippen molar-refractivity contribution in [2.45, 2.75) is 38.4 Å². The molecule has 5 nitrogen and oxygen atoms in total. The Balaban J connectivity index is 1.67. The molecule has 1 aromatic heterocycles. The molecule has 0 N–H and O–H groups in total. The Bertz CT molecular complexity index is 829. The first-order chi connectivity index (χ1) is 11.8. The van der Waals surface area contributed by atoms with Gasteiger partial charge in [0.25, 0.3) is 0 Å². The highest BCUT2D eigenvalue weighted by molar-refractivity contribution is 7.88. The van der Waals surface area contributed by atoms with E-state index in [0.717, 1.165) is 18.6 Å². The van der Waals surface area contributed by atoms with E-state index in [9.17, 15) is 8.42 Å². The standard InChI is InChI=1S/C19H26N2O3S/c1-20(19-10-6-8-15-7-4-5-9-18(15)19)13-16-11-12-17(24-16)14-21(2)25(3,22)23/h4-5,7,9,11-12,19H,6,8,10,13-14H2,1-3H3/t19-/m0/s1. The fraction of sp³-hybridized carbons (Fsp3) is 0.474. The highest BCUT2D eigenvalue weighted by atomic mass is 32.2. The molecular weight excluding hydrogens is 336 g/mol. The zero-order valence-corrected chi connectivity index (χ0v) is 15.9. The fourth-order valence-electron chi connectivity index (χ4n) is 3.47. The van der Waals surface area contributed by atoms with Gasteiger partial charge in [0.15, 0.2) is 0 Å². The van der Waals surface area contributed by atoms with Crippen LogP contribution in [0.25, 0.3) is 0 Å². The third-order valence-corrected chi connectivity index (χ3v) is 6.20. The Morgan fingerprint density at radius 3 is 2.48 bits per heavy atom. The molecule has 1 heterocycles. The van der Waals surface area contributed by atoms with Gasteiger partial charge in [0, 0.05) is 13.1 Å². The summed E-state index contributed by atoms with van der Waals surface area (Å²) in [7, 11) is 0.478. The second kappa shape index (κ2) is 7.32. The van der Waals surface area contributed by atoms with Gasteiger partial charge in [0.2, 0.25) is 10.0 Å². The van der Waals surface area contributed by atoms with Crippen molar-refractivity contribution in [1.29, 1.82) is 0 Å². The van der Waals surface area contributed by atoms with Gasteiger partial charge >= 0.3 is 0 Å². The molecule has 6 heteroatoms. The van der Waals surface area contributed by atoms with Gasteiger partial charge in [-0.25, -0.2) is 8.42 Å². The fourth-order valence-corrected chi connectivity index (χ4v) is 3.83. The number of hydrogen-bond donors (Lipinski definition) is 0. The van der Waals surface area contributed by atoms with Crippen molar-refractivity contribution in [3.63, 3.8) is 0 Å². The molecular formula is C19H26N2O3S. The van der Waals surface area contributed by atoms with Crippen molar-refractivity contribution in [2.75, 3.05) is 20.4 Å². The number of furan rings is 1. The van der Waals surface area contributed by atoms with E-state index in [1.165, 1.54) is 28.1 Å². The lowest BCUT2D eigenvalue weighted by molar-refractivity contribution is 0.196. The normalized spacial score (nSPS) is 17.9. The molecule has 0 saturated heterocycles. The number of aryl methyl sites for hydroxylation is 1. The Morgan fingerprint density at radius 1 is 1.08 bits per heavy atom. The molecule has 0 amide bonds. The zero-order valence-electron chi connectivity index (χ0n) is 15.1. The third-order valence-electron chi connectivity index (χ3n) is 4.94. The van der Waals surface area contributed by atoms with Crippen LogP contribution in [-0.2, 0) is 29.5 Å². The summed E-state index contributed by atoms with van der Waals surface area (Å²) < 4.78 is 30.2. The van der Waals surface area contributed by atoms with Crippen LogP contribution in [-0.4, -0.2) is 38.0 Å².